The van der Waals surface area contributed by atoms with E-state index in [1.165, 1.54) is 6.42 Å². The third-order valence-electron chi connectivity index (χ3n) is 4.77. The molecule has 116 valence electrons. The molecule has 20 heavy (non-hydrogen) atoms. The van der Waals surface area contributed by atoms with Crippen LogP contribution in [0.4, 0.5) is 0 Å². The topological polar surface area (TPSA) is 55.8 Å². The molecule has 3 fully saturated rings. The lowest BCUT2D eigenvalue weighted by Gasteiger charge is -2.44. The molecule has 6 heteroatoms. The summed E-state index contributed by atoms with van der Waals surface area (Å²) in [5, 5.41) is -0.185. The van der Waals surface area contributed by atoms with Gasteiger partial charge in [-0.15, -0.1) is 0 Å². The van der Waals surface area contributed by atoms with Gasteiger partial charge in [-0.3, -0.25) is 0 Å². The van der Waals surface area contributed by atoms with E-state index in [2.05, 4.69) is 0 Å². The summed E-state index contributed by atoms with van der Waals surface area (Å²) in [7, 11) is -3.19. The molecule has 2 aliphatic heterocycles. The van der Waals surface area contributed by atoms with Gasteiger partial charge in [-0.1, -0.05) is 19.3 Å². The number of hydrogen-bond acceptors (Lipinski definition) is 4. The maximum Gasteiger partial charge on any atom is 0.217 e. The van der Waals surface area contributed by atoms with Crippen molar-refractivity contribution in [2.75, 3.05) is 26.3 Å². The lowest BCUT2D eigenvalue weighted by atomic mass is 10.0. The van der Waals surface area contributed by atoms with Crippen molar-refractivity contribution in [2.24, 2.45) is 0 Å². The molecular formula is C14H25NO4S. The van der Waals surface area contributed by atoms with Gasteiger partial charge >= 0.3 is 0 Å². The number of morpholine rings is 1. The van der Waals surface area contributed by atoms with Crippen LogP contribution in [0.15, 0.2) is 0 Å². The van der Waals surface area contributed by atoms with Crippen LogP contribution >= 0.6 is 0 Å². The van der Waals surface area contributed by atoms with Gasteiger partial charge in [0.1, 0.15) is 0 Å². The SMILES string of the molecule is O=S(=O)(C1CCCCC1)N1CCOC2(CCCCO2)C1. The maximum atomic E-state index is 12.8. The lowest BCUT2D eigenvalue weighted by Crippen LogP contribution is -2.57. The fourth-order valence-electron chi connectivity index (χ4n) is 3.58. The quantitative estimate of drug-likeness (QED) is 0.781. The second-order valence-corrected chi connectivity index (χ2v) is 8.42. The zero-order valence-corrected chi connectivity index (χ0v) is 12.9. The van der Waals surface area contributed by atoms with E-state index in [-0.39, 0.29) is 5.25 Å². The second kappa shape index (κ2) is 5.91. The standard InChI is InChI=1S/C14H25NO4S/c16-20(17,13-6-2-1-3-7-13)15-9-11-19-14(12-15)8-4-5-10-18-14/h13H,1-12H2. The van der Waals surface area contributed by atoms with Crippen LogP contribution in [0.1, 0.15) is 51.4 Å². The molecule has 3 aliphatic rings. The minimum atomic E-state index is -3.19. The average Bonchev–Trinajstić information content (AvgIpc) is 2.49. The summed E-state index contributed by atoms with van der Waals surface area (Å²) < 4.78 is 38.8. The van der Waals surface area contributed by atoms with Crippen molar-refractivity contribution in [3.63, 3.8) is 0 Å². The van der Waals surface area contributed by atoms with Gasteiger partial charge in [-0.25, -0.2) is 8.42 Å². The van der Waals surface area contributed by atoms with Crippen LogP contribution in [0.2, 0.25) is 0 Å². The normalized spacial score (nSPS) is 34.4. The molecule has 3 rings (SSSR count). The van der Waals surface area contributed by atoms with Crippen molar-refractivity contribution in [1.82, 2.24) is 4.31 Å². The van der Waals surface area contributed by atoms with E-state index in [1.54, 1.807) is 4.31 Å². The highest BCUT2D eigenvalue weighted by atomic mass is 32.2. The molecule has 1 aliphatic carbocycles. The third-order valence-corrected chi connectivity index (χ3v) is 7.12. The van der Waals surface area contributed by atoms with E-state index in [9.17, 15) is 8.42 Å². The van der Waals surface area contributed by atoms with Crippen LogP contribution < -0.4 is 0 Å². The van der Waals surface area contributed by atoms with Crippen LogP contribution in [-0.2, 0) is 19.5 Å². The zero-order valence-electron chi connectivity index (χ0n) is 12.1. The first-order chi connectivity index (χ1) is 9.62. The number of sulfonamides is 1. The summed E-state index contributed by atoms with van der Waals surface area (Å²) in [5.74, 6) is -0.668. The molecule has 1 atom stereocenters. The Morgan fingerprint density at radius 3 is 2.40 bits per heavy atom. The Bertz CT molecular complexity index is 419. The van der Waals surface area contributed by atoms with Gasteiger partial charge in [0.2, 0.25) is 10.0 Å². The number of nitrogens with zero attached hydrogens (tertiary/aromatic N) is 1. The van der Waals surface area contributed by atoms with Gasteiger partial charge in [0.25, 0.3) is 0 Å². The fraction of sp³-hybridized carbons (Fsp3) is 1.00. The molecule has 0 radical (unpaired) electrons. The van der Waals surface area contributed by atoms with Gasteiger partial charge in [0.05, 0.1) is 25.0 Å². The second-order valence-electron chi connectivity index (χ2n) is 6.20. The van der Waals surface area contributed by atoms with Crippen molar-refractivity contribution in [3.05, 3.63) is 0 Å². The molecule has 1 unspecified atom stereocenters. The molecule has 1 saturated carbocycles. The number of rotatable bonds is 2. The predicted molar refractivity (Wildman–Crippen MR) is 75.9 cm³/mol. The van der Waals surface area contributed by atoms with E-state index in [0.717, 1.165) is 44.9 Å². The van der Waals surface area contributed by atoms with E-state index in [4.69, 9.17) is 9.47 Å². The van der Waals surface area contributed by atoms with Gasteiger partial charge in [0, 0.05) is 13.0 Å². The van der Waals surface area contributed by atoms with Crippen molar-refractivity contribution in [2.45, 2.75) is 62.4 Å². The van der Waals surface area contributed by atoms with Crippen LogP contribution in [-0.4, -0.2) is 50.1 Å². The maximum absolute atomic E-state index is 12.8. The summed E-state index contributed by atoms with van der Waals surface area (Å²) in [6.07, 6.45) is 7.77. The molecule has 0 amide bonds. The van der Waals surface area contributed by atoms with Gasteiger partial charge in [-0.05, 0) is 25.7 Å². The molecule has 0 aromatic rings. The largest absolute Gasteiger partial charge is 0.349 e. The van der Waals surface area contributed by atoms with Crippen LogP contribution in [0.5, 0.6) is 0 Å². The Labute approximate surface area is 121 Å². The highest BCUT2D eigenvalue weighted by Gasteiger charge is 2.44. The van der Waals surface area contributed by atoms with Crippen molar-refractivity contribution in [1.29, 1.82) is 0 Å². The minimum absolute atomic E-state index is 0.185. The molecular weight excluding hydrogens is 278 g/mol. The lowest BCUT2D eigenvalue weighted by molar-refractivity contribution is -0.274. The first-order valence-corrected chi connectivity index (χ1v) is 9.40. The average molecular weight is 303 g/mol. The molecule has 2 saturated heterocycles. The minimum Gasteiger partial charge on any atom is -0.349 e. The van der Waals surface area contributed by atoms with E-state index >= 15 is 0 Å². The van der Waals surface area contributed by atoms with E-state index < -0.39 is 15.8 Å². The first-order valence-electron chi connectivity index (χ1n) is 7.89. The van der Waals surface area contributed by atoms with Crippen molar-refractivity contribution < 1.29 is 17.9 Å². The first kappa shape index (κ1) is 14.8. The highest BCUT2D eigenvalue weighted by Crippen LogP contribution is 2.33. The van der Waals surface area contributed by atoms with Gasteiger partial charge < -0.3 is 9.47 Å². The fourth-order valence-corrected chi connectivity index (χ4v) is 5.64. The Hall–Kier alpha value is -0.170. The molecule has 0 bridgehead atoms. The highest BCUT2D eigenvalue weighted by molar-refractivity contribution is 7.89. The summed E-state index contributed by atoms with van der Waals surface area (Å²) in [5.41, 5.74) is 0. The van der Waals surface area contributed by atoms with Gasteiger partial charge in [-0.2, -0.15) is 4.31 Å². The van der Waals surface area contributed by atoms with Crippen molar-refractivity contribution >= 4 is 10.0 Å². The Kier molecular flexibility index (Phi) is 4.36. The Morgan fingerprint density at radius 2 is 1.70 bits per heavy atom. The summed E-state index contributed by atoms with van der Waals surface area (Å²) in [6, 6.07) is 0. The van der Waals surface area contributed by atoms with Crippen LogP contribution in [0.3, 0.4) is 0 Å². The third kappa shape index (κ3) is 2.89. The van der Waals surface area contributed by atoms with Gasteiger partial charge in [0.15, 0.2) is 5.79 Å². The molecule has 5 nitrogen and oxygen atoms in total. The molecule has 0 aromatic heterocycles. The summed E-state index contributed by atoms with van der Waals surface area (Å²) >= 11 is 0. The van der Waals surface area contributed by atoms with Crippen molar-refractivity contribution in [3.8, 4) is 0 Å². The van der Waals surface area contributed by atoms with E-state index in [0.29, 0.717) is 26.3 Å². The Morgan fingerprint density at radius 1 is 0.950 bits per heavy atom. The molecule has 1 spiro atoms. The predicted octanol–water partition coefficient (Wildman–Crippen LogP) is 1.88. The molecule has 0 aromatic carbocycles. The zero-order chi connectivity index (χ0) is 14.1. The van der Waals surface area contributed by atoms with E-state index in [1.807, 2.05) is 0 Å². The smallest absolute Gasteiger partial charge is 0.217 e. The summed E-state index contributed by atoms with van der Waals surface area (Å²) in [4.78, 5) is 0. The molecule has 2 heterocycles. The monoisotopic (exact) mass is 303 g/mol. The summed E-state index contributed by atoms with van der Waals surface area (Å²) in [6.45, 7) is 1.99. The van der Waals surface area contributed by atoms with Crippen LogP contribution in [0, 0.1) is 0 Å². The number of hydrogen-bond donors (Lipinski definition) is 0. The Balaban J connectivity index is 1.72. The number of ether oxygens (including phenoxy) is 2. The molecule has 0 N–H and O–H groups in total. The van der Waals surface area contributed by atoms with Crippen LogP contribution in [0.25, 0.3) is 0 Å².